The Balaban J connectivity index is 1.70. The van der Waals surface area contributed by atoms with Crippen molar-refractivity contribution in [3.63, 3.8) is 0 Å². The summed E-state index contributed by atoms with van der Waals surface area (Å²) in [5.74, 6) is 0.529. The third kappa shape index (κ3) is 5.74. The van der Waals surface area contributed by atoms with Crippen LogP contribution in [-0.2, 0) is 15.8 Å². The molecular formula is C22H25N3O3S3. The van der Waals surface area contributed by atoms with E-state index >= 15 is 0 Å². The van der Waals surface area contributed by atoms with E-state index < -0.39 is 10.0 Å². The fourth-order valence-corrected chi connectivity index (χ4v) is 5.47. The minimum Gasteiger partial charge on any atom is -0.345 e. The highest BCUT2D eigenvalue weighted by Gasteiger charge is 2.19. The van der Waals surface area contributed by atoms with Crippen LogP contribution in [0.4, 0.5) is 0 Å². The number of nitrogens with one attached hydrogen (secondary N) is 1. The average Bonchev–Trinajstić information content (AvgIpc) is 3.17. The van der Waals surface area contributed by atoms with Gasteiger partial charge in [0.25, 0.3) is 5.91 Å². The lowest BCUT2D eigenvalue weighted by Crippen LogP contribution is -2.27. The number of aryl methyl sites for hydroxylation is 1. The molecule has 2 aromatic carbocycles. The van der Waals surface area contributed by atoms with Gasteiger partial charge in [-0.2, -0.15) is 0 Å². The van der Waals surface area contributed by atoms with Gasteiger partial charge in [0.05, 0.1) is 27.2 Å². The van der Waals surface area contributed by atoms with Crippen molar-refractivity contribution < 1.29 is 13.2 Å². The number of nitrogens with zero attached hydrogens (tertiary/aromatic N) is 2. The molecule has 0 saturated carbocycles. The third-order valence-electron chi connectivity index (χ3n) is 4.68. The summed E-state index contributed by atoms with van der Waals surface area (Å²) in [6.07, 6.45) is 0. The van der Waals surface area contributed by atoms with E-state index in [0.29, 0.717) is 11.3 Å². The zero-order valence-corrected chi connectivity index (χ0v) is 20.3. The molecule has 0 aliphatic rings. The SMILES string of the molecule is Cc1nc(CSc2ccccc2C(=O)NC(C)c2ccc(S(=O)(=O)N(C)C)cc2)cs1. The number of thioether (sulfide) groups is 1. The maximum absolute atomic E-state index is 12.9. The molecule has 1 atom stereocenters. The second kappa shape index (κ2) is 9.95. The van der Waals surface area contributed by atoms with E-state index in [0.717, 1.165) is 21.2 Å². The molecule has 1 heterocycles. The monoisotopic (exact) mass is 475 g/mol. The molecule has 6 nitrogen and oxygen atoms in total. The lowest BCUT2D eigenvalue weighted by molar-refractivity contribution is 0.0937. The third-order valence-corrected chi connectivity index (χ3v) is 8.44. The Morgan fingerprint density at radius 3 is 2.45 bits per heavy atom. The van der Waals surface area contributed by atoms with Crippen LogP contribution in [0.15, 0.2) is 63.7 Å². The van der Waals surface area contributed by atoms with Gasteiger partial charge in [-0.15, -0.1) is 23.1 Å². The van der Waals surface area contributed by atoms with Crippen LogP contribution < -0.4 is 5.32 Å². The molecule has 1 amide bonds. The minimum absolute atomic E-state index is 0.171. The molecule has 0 aliphatic heterocycles. The molecule has 1 aromatic heterocycles. The molecule has 0 radical (unpaired) electrons. The Labute approximate surface area is 191 Å². The predicted octanol–water partition coefficient (Wildman–Crippen LogP) is 4.49. The molecule has 0 bridgehead atoms. The highest BCUT2D eigenvalue weighted by Crippen LogP contribution is 2.27. The molecule has 0 aliphatic carbocycles. The molecule has 3 aromatic rings. The molecule has 3 rings (SSSR count). The van der Waals surface area contributed by atoms with Crippen molar-refractivity contribution in [3.8, 4) is 0 Å². The molecule has 0 fully saturated rings. The fourth-order valence-electron chi connectivity index (χ4n) is 2.90. The molecule has 0 saturated heterocycles. The van der Waals surface area contributed by atoms with E-state index in [-0.39, 0.29) is 16.8 Å². The number of rotatable bonds is 8. The van der Waals surface area contributed by atoms with Crippen molar-refractivity contribution in [3.05, 3.63) is 75.7 Å². The van der Waals surface area contributed by atoms with E-state index in [1.54, 1.807) is 47.4 Å². The van der Waals surface area contributed by atoms with Crippen molar-refractivity contribution in [1.82, 2.24) is 14.6 Å². The normalized spacial score (nSPS) is 12.7. The standard InChI is InChI=1S/C22H25N3O3S3/c1-15(17-9-11-19(12-10-17)31(27,28)25(3)4)23-22(26)20-7-5-6-8-21(20)30-14-18-13-29-16(2)24-18/h5-13,15H,14H2,1-4H3,(H,23,26). The van der Waals surface area contributed by atoms with E-state index in [1.807, 2.05) is 43.5 Å². The quantitative estimate of drug-likeness (QED) is 0.486. The van der Waals surface area contributed by atoms with Crippen molar-refractivity contribution in [1.29, 1.82) is 0 Å². The van der Waals surface area contributed by atoms with E-state index in [1.165, 1.54) is 18.4 Å². The highest BCUT2D eigenvalue weighted by atomic mass is 32.2. The average molecular weight is 476 g/mol. The fraction of sp³-hybridized carbons (Fsp3) is 0.273. The second-order valence-corrected chi connectivity index (χ2v) is 11.4. The molecule has 9 heteroatoms. The minimum atomic E-state index is -3.48. The van der Waals surface area contributed by atoms with Crippen molar-refractivity contribution in [2.24, 2.45) is 0 Å². The second-order valence-electron chi connectivity index (χ2n) is 7.19. The number of hydrogen-bond donors (Lipinski definition) is 1. The van der Waals surface area contributed by atoms with Crippen LogP contribution in [0, 0.1) is 6.92 Å². The lowest BCUT2D eigenvalue weighted by Gasteiger charge is -2.17. The Hall–Kier alpha value is -2.20. The maximum Gasteiger partial charge on any atom is 0.252 e. The number of benzene rings is 2. The first-order valence-electron chi connectivity index (χ1n) is 9.64. The van der Waals surface area contributed by atoms with E-state index in [2.05, 4.69) is 10.3 Å². The highest BCUT2D eigenvalue weighted by molar-refractivity contribution is 7.98. The maximum atomic E-state index is 12.9. The van der Waals surface area contributed by atoms with Gasteiger partial charge in [-0.3, -0.25) is 4.79 Å². The number of sulfonamides is 1. The topological polar surface area (TPSA) is 79.4 Å². The van der Waals surface area contributed by atoms with Crippen LogP contribution >= 0.6 is 23.1 Å². The van der Waals surface area contributed by atoms with Gasteiger partial charge < -0.3 is 5.32 Å². The molecule has 0 spiro atoms. The molecule has 164 valence electrons. The lowest BCUT2D eigenvalue weighted by atomic mass is 10.1. The zero-order chi connectivity index (χ0) is 22.6. The summed E-state index contributed by atoms with van der Waals surface area (Å²) in [6.45, 7) is 3.85. The predicted molar refractivity (Wildman–Crippen MR) is 126 cm³/mol. The Kier molecular flexibility index (Phi) is 7.53. The smallest absolute Gasteiger partial charge is 0.252 e. The van der Waals surface area contributed by atoms with Crippen molar-refractivity contribution >= 4 is 39.0 Å². The zero-order valence-electron chi connectivity index (χ0n) is 17.8. The summed E-state index contributed by atoms with van der Waals surface area (Å²) in [4.78, 5) is 18.5. The summed E-state index contributed by atoms with van der Waals surface area (Å²) >= 11 is 3.20. The first kappa shape index (κ1) is 23.5. The largest absolute Gasteiger partial charge is 0.345 e. The van der Waals surface area contributed by atoms with Gasteiger partial charge in [0.2, 0.25) is 10.0 Å². The van der Waals surface area contributed by atoms with Gasteiger partial charge in [0, 0.05) is 30.1 Å². The first-order valence-corrected chi connectivity index (χ1v) is 12.9. The Morgan fingerprint density at radius 1 is 1.16 bits per heavy atom. The van der Waals surface area contributed by atoms with Crippen LogP contribution in [0.1, 0.15) is 39.6 Å². The van der Waals surface area contributed by atoms with E-state index in [9.17, 15) is 13.2 Å². The summed E-state index contributed by atoms with van der Waals surface area (Å²) in [7, 11) is -0.486. The van der Waals surface area contributed by atoms with Crippen LogP contribution in [0.25, 0.3) is 0 Å². The summed E-state index contributed by atoms with van der Waals surface area (Å²) in [6, 6.07) is 13.8. The van der Waals surface area contributed by atoms with Gasteiger partial charge in [0.1, 0.15) is 0 Å². The van der Waals surface area contributed by atoms with Crippen LogP contribution in [0.3, 0.4) is 0 Å². The number of carbonyl (C=O) groups is 1. The molecule has 1 N–H and O–H groups in total. The Morgan fingerprint density at radius 2 is 1.84 bits per heavy atom. The van der Waals surface area contributed by atoms with Gasteiger partial charge >= 0.3 is 0 Å². The van der Waals surface area contributed by atoms with Crippen LogP contribution in [0.2, 0.25) is 0 Å². The number of carbonyl (C=O) groups excluding carboxylic acids is 1. The number of aromatic nitrogens is 1. The molecular weight excluding hydrogens is 450 g/mol. The molecule has 1 unspecified atom stereocenters. The van der Waals surface area contributed by atoms with Crippen molar-refractivity contribution in [2.45, 2.75) is 35.4 Å². The summed E-state index contributed by atoms with van der Waals surface area (Å²) in [5, 5.41) is 6.07. The number of hydrogen-bond acceptors (Lipinski definition) is 6. The first-order chi connectivity index (χ1) is 14.7. The summed E-state index contributed by atoms with van der Waals surface area (Å²) < 4.78 is 25.6. The van der Waals surface area contributed by atoms with Crippen LogP contribution in [0.5, 0.6) is 0 Å². The van der Waals surface area contributed by atoms with Gasteiger partial charge in [-0.1, -0.05) is 24.3 Å². The van der Waals surface area contributed by atoms with Crippen LogP contribution in [-0.4, -0.2) is 37.7 Å². The Bertz CT molecular complexity index is 1160. The van der Waals surface area contributed by atoms with Crippen molar-refractivity contribution in [2.75, 3.05) is 14.1 Å². The van der Waals surface area contributed by atoms with E-state index in [4.69, 9.17) is 0 Å². The summed E-state index contributed by atoms with van der Waals surface area (Å²) in [5.41, 5.74) is 2.44. The number of thiazole rings is 1. The molecule has 31 heavy (non-hydrogen) atoms. The van der Waals surface area contributed by atoms with Gasteiger partial charge in [0.15, 0.2) is 0 Å². The van der Waals surface area contributed by atoms with Gasteiger partial charge in [-0.05, 0) is 43.7 Å². The number of amides is 1. The van der Waals surface area contributed by atoms with Gasteiger partial charge in [-0.25, -0.2) is 17.7 Å².